The molecule has 4 rings (SSSR count). The van der Waals surface area contributed by atoms with Crippen molar-refractivity contribution in [3.05, 3.63) is 92.2 Å². The summed E-state index contributed by atoms with van der Waals surface area (Å²) in [5.41, 5.74) is 3.14. The molecule has 4 nitrogen and oxygen atoms in total. The number of benzene rings is 2. The van der Waals surface area contributed by atoms with E-state index in [1.54, 1.807) is 17.0 Å². The van der Waals surface area contributed by atoms with E-state index in [-0.39, 0.29) is 17.5 Å². The molecule has 1 aliphatic heterocycles. The van der Waals surface area contributed by atoms with Crippen LogP contribution in [0.4, 0.5) is 5.69 Å². The number of carbonyl (C=O) groups excluding carboxylic acids is 2. The van der Waals surface area contributed by atoms with Crippen molar-refractivity contribution in [1.82, 2.24) is 5.32 Å². The highest BCUT2D eigenvalue weighted by atomic mass is 79.9. The lowest BCUT2D eigenvalue weighted by molar-refractivity contribution is -0.115. The van der Waals surface area contributed by atoms with Crippen LogP contribution in [-0.4, -0.2) is 18.4 Å². The molecule has 0 saturated carbocycles. The summed E-state index contributed by atoms with van der Waals surface area (Å²) in [6, 6.07) is 19.0. The van der Waals surface area contributed by atoms with Crippen molar-refractivity contribution in [2.75, 3.05) is 11.4 Å². The van der Waals surface area contributed by atoms with Crippen molar-refractivity contribution in [3.63, 3.8) is 0 Å². The largest absolute Gasteiger partial charge is 0.317 e. The maximum absolute atomic E-state index is 13.3. The number of anilines is 1. The highest BCUT2D eigenvalue weighted by Crippen LogP contribution is 2.29. The Kier molecular flexibility index (Phi) is 5.41. The van der Waals surface area contributed by atoms with Crippen molar-refractivity contribution >= 4 is 50.8 Å². The van der Waals surface area contributed by atoms with Crippen molar-refractivity contribution in [1.29, 1.82) is 0 Å². The first kappa shape index (κ1) is 18.7. The van der Waals surface area contributed by atoms with Gasteiger partial charge in [0.1, 0.15) is 5.70 Å². The van der Waals surface area contributed by atoms with E-state index < -0.39 is 0 Å². The Balaban J connectivity index is 1.67. The lowest BCUT2D eigenvalue weighted by Crippen LogP contribution is -2.37. The molecule has 0 fully saturated rings. The average molecular weight is 453 g/mol. The number of hydrogen-bond acceptors (Lipinski definition) is 3. The van der Waals surface area contributed by atoms with E-state index in [4.69, 9.17) is 0 Å². The molecule has 1 aliphatic rings. The normalized spacial score (nSPS) is 13.3. The predicted molar refractivity (Wildman–Crippen MR) is 116 cm³/mol. The highest BCUT2D eigenvalue weighted by Gasteiger charge is 2.27. The molecule has 1 aromatic heterocycles. The van der Waals surface area contributed by atoms with Gasteiger partial charge in [0.05, 0.1) is 4.88 Å². The van der Waals surface area contributed by atoms with Gasteiger partial charge in [0.25, 0.3) is 11.8 Å². The van der Waals surface area contributed by atoms with Crippen molar-refractivity contribution in [2.45, 2.75) is 6.42 Å². The number of fused-ring (bicyclic) bond motifs is 1. The highest BCUT2D eigenvalue weighted by molar-refractivity contribution is 9.10. The molecular weight excluding hydrogens is 436 g/mol. The third-order valence-corrected chi connectivity index (χ3v) is 5.93. The van der Waals surface area contributed by atoms with Crippen LogP contribution in [0.2, 0.25) is 0 Å². The second-order valence-electron chi connectivity index (χ2n) is 6.38. The number of para-hydroxylation sites is 1. The Bertz CT molecular complexity index is 1040. The number of carbonyl (C=O) groups is 2. The van der Waals surface area contributed by atoms with Crippen LogP contribution in [-0.2, 0) is 11.2 Å². The Labute approximate surface area is 175 Å². The lowest BCUT2D eigenvalue weighted by Gasteiger charge is -2.19. The molecule has 3 aromatic rings. The number of thiophene rings is 1. The van der Waals surface area contributed by atoms with Crippen molar-refractivity contribution in [3.8, 4) is 0 Å². The molecule has 0 spiro atoms. The fraction of sp³-hybridized carbons (Fsp3) is 0.0909. The summed E-state index contributed by atoms with van der Waals surface area (Å²) < 4.78 is 0.952. The standard InChI is InChI=1S/C22H17BrN2O2S/c23-17-9-7-15(8-10-17)14-18(24-21(26)20-6-3-13-28-20)22(27)25-12-11-16-4-1-2-5-19(16)25/h1-10,13-14H,11-12H2,(H,24,26). The van der Waals surface area contributed by atoms with Crippen LogP contribution in [0.15, 0.2) is 76.2 Å². The number of amides is 2. The van der Waals surface area contributed by atoms with Gasteiger partial charge in [-0.1, -0.05) is 52.3 Å². The first-order chi connectivity index (χ1) is 13.6. The summed E-state index contributed by atoms with van der Waals surface area (Å²) in [7, 11) is 0. The zero-order chi connectivity index (χ0) is 19.5. The summed E-state index contributed by atoms with van der Waals surface area (Å²) in [4.78, 5) is 28.2. The second-order valence-corrected chi connectivity index (χ2v) is 8.24. The first-order valence-corrected chi connectivity index (χ1v) is 10.5. The van der Waals surface area contributed by atoms with E-state index in [0.717, 1.165) is 27.7 Å². The molecule has 0 saturated heterocycles. The Morgan fingerprint density at radius 3 is 2.57 bits per heavy atom. The van der Waals surface area contributed by atoms with Gasteiger partial charge in [-0.25, -0.2) is 0 Å². The van der Waals surface area contributed by atoms with E-state index in [2.05, 4.69) is 21.2 Å². The lowest BCUT2D eigenvalue weighted by atomic mass is 10.1. The quantitative estimate of drug-likeness (QED) is 0.573. The number of rotatable bonds is 4. The number of nitrogens with zero attached hydrogens (tertiary/aromatic N) is 1. The van der Waals surface area contributed by atoms with Crippen molar-refractivity contribution in [2.24, 2.45) is 0 Å². The van der Waals surface area contributed by atoms with Gasteiger partial charge in [0.15, 0.2) is 0 Å². The van der Waals surface area contributed by atoms with E-state index in [1.165, 1.54) is 11.3 Å². The smallest absolute Gasteiger partial charge is 0.274 e. The molecule has 0 radical (unpaired) electrons. The summed E-state index contributed by atoms with van der Waals surface area (Å²) in [6.07, 6.45) is 2.54. The zero-order valence-electron chi connectivity index (χ0n) is 14.9. The van der Waals surface area contributed by atoms with Gasteiger partial charge >= 0.3 is 0 Å². The molecular formula is C22H17BrN2O2S. The van der Waals surface area contributed by atoms with E-state index >= 15 is 0 Å². The van der Waals surface area contributed by atoms with E-state index in [1.807, 2.05) is 60.0 Å². The van der Waals surface area contributed by atoms with Gasteiger partial charge < -0.3 is 10.2 Å². The fourth-order valence-electron chi connectivity index (χ4n) is 3.16. The molecule has 2 amide bonds. The molecule has 6 heteroatoms. The molecule has 0 unspecified atom stereocenters. The SMILES string of the molecule is O=C(NC(=Cc1ccc(Br)cc1)C(=O)N1CCc2ccccc21)c1cccs1. The molecule has 1 N–H and O–H groups in total. The van der Waals surface area contributed by atoms with Crippen LogP contribution in [0.1, 0.15) is 20.8 Å². The molecule has 140 valence electrons. The maximum atomic E-state index is 13.3. The Hall–Kier alpha value is -2.70. The Morgan fingerprint density at radius 1 is 1.04 bits per heavy atom. The summed E-state index contributed by atoms with van der Waals surface area (Å²) >= 11 is 4.76. The van der Waals surface area contributed by atoms with Gasteiger partial charge in [-0.05, 0) is 53.3 Å². The third kappa shape index (κ3) is 3.93. The third-order valence-electron chi connectivity index (χ3n) is 4.54. The minimum atomic E-state index is -0.279. The fourth-order valence-corrected chi connectivity index (χ4v) is 4.05. The summed E-state index contributed by atoms with van der Waals surface area (Å²) in [5, 5.41) is 4.66. The van der Waals surface area contributed by atoms with Gasteiger partial charge in [-0.15, -0.1) is 11.3 Å². The summed E-state index contributed by atoms with van der Waals surface area (Å²) in [6.45, 7) is 0.602. The van der Waals surface area contributed by atoms with Crippen molar-refractivity contribution < 1.29 is 9.59 Å². The van der Waals surface area contributed by atoms with Crippen LogP contribution in [0.5, 0.6) is 0 Å². The average Bonchev–Trinajstić information content (AvgIpc) is 3.38. The maximum Gasteiger partial charge on any atom is 0.274 e. The molecule has 2 aromatic carbocycles. The first-order valence-electron chi connectivity index (χ1n) is 8.84. The van der Waals surface area contributed by atoms with Crippen LogP contribution < -0.4 is 10.2 Å². The monoisotopic (exact) mass is 452 g/mol. The van der Waals surface area contributed by atoms with Crippen LogP contribution in [0, 0.1) is 0 Å². The molecule has 0 atom stereocenters. The van der Waals surface area contributed by atoms with Gasteiger partial charge in [-0.2, -0.15) is 0 Å². The van der Waals surface area contributed by atoms with Gasteiger partial charge in [0.2, 0.25) is 0 Å². The van der Waals surface area contributed by atoms with E-state index in [0.29, 0.717) is 11.4 Å². The van der Waals surface area contributed by atoms with Crippen LogP contribution in [0.25, 0.3) is 6.08 Å². The molecule has 2 heterocycles. The zero-order valence-corrected chi connectivity index (χ0v) is 17.3. The van der Waals surface area contributed by atoms with E-state index in [9.17, 15) is 9.59 Å². The Morgan fingerprint density at radius 2 is 1.82 bits per heavy atom. The van der Waals surface area contributed by atoms with Gasteiger partial charge in [0, 0.05) is 16.7 Å². The predicted octanol–water partition coefficient (Wildman–Crippen LogP) is 4.87. The number of halogens is 1. The minimum absolute atomic E-state index is 0.210. The molecule has 0 aliphatic carbocycles. The number of hydrogen-bond donors (Lipinski definition) is 1. The topological polar surface area (TPSA) is 49.4 Å². The summed E-state index contributed by atoms with van der Waals surface area (Å²) in [5.74, 6) is -0.489. The number of nitrogens with one attached hydrogen (secondary N) is 1. The van der Waals surface area contributed by atoms with Crippen LogP contribution in [0.3, 0.4) is 0 Å². The molecule has 28 heavy (non-hydrogen) atoms. The minimum Gasteiger partial charge on any atom is -0.317 e. The van der Waals surface area contributed by atoms with Gasteiger partial charge in [-0.3, -0.25) is 9.59 Å². The second kappa shape index (κ2) is 8.12. The van der Waals surface area contributed by atoms with Crippen LogP contribution >= 0.6 is 27.3 Å². The molecule has 0 bridgehead atoms.